The summed E-state index contributed by atoms with van der Waals surface area (Å²) < 4.78 is 77.7. The third-order valence-corrected chi connectivity index (χ3v) is 4.86. The molecule has 1 N–H and O–H groups in total. The first-order valence-corrected chi connectivity index (χ1v) is 9.16. The van der Waals surface area contributed by atoms with E-state index in [4.69, 9.17) is 11.6 Å². The van der Waals surface area contributed by atoms with Crippen LogP contribution < -0.4 is 10.2 Å². The SMILES string of the molecule is O=C(Nc1cc(C(F)(F)F)cc(C(F)(F)F)c1)C1CCN(c2ccc(Cl)nn2)CC1. The number of nitrogens with zero attached hydrogens (tertiary/aromatic N) is 3. The number of carbonyl (C=O) groups excluding carboxylic acids is 1. The molecule has 0 spiro atoms. The average molecular weight is 453 g/mol. The van der Waals surface area contributed by atoms with Crippen LogP contribution in [0.5, 0.6) is 0 Å². The number of rotatable bonds is 3. The Balaban J connectivity index is 1.69. The molecule has 2 aromatic rings. The maximum absolute atomic E-state index is 13.0. The molecule has 0 atom stereocenters. The molecule has 1 aromatic carbocycles. The van der Waals surface area contributed by atoms with Crippen molar-refractivity contribution < 1.29 is 31.1 Å². The minimum atomic E-state index is -4.98. The molecule has 0 radical (unpaired) electrons. The Morgan fingerprint density at radius 1 is 0.967 bits per heavy atom. The zero-order valence-electron chi connectivity index (χ0n) is 15.2. The van der Waals surface area contributed by atoms with Gasteiger partial charge < -0.3 is 10.2 Å². The monoisotopic (exact) mass is 452 g/mol. The van der Waals surface area contributed by atoms with Crippen LogP contribution in [0, 0.1) is 5.92 Å². The van der Waals surface area contributed by atoms with Crippen molar-refractivity contribution in [3.63, 3.8) is 0 Å². The third kappa shape index (κ3) is 5.32. The van der Waals surface area contributed by atoms with E-state index in [-0.39, 0.29) is 11.2 Å². The maximum Gasteiger partial charge on any atom is 0.416 e. The van der Waals surface area contributed by atoms with Crippen molar-refractivity contribution in [1.29, 1.82) is 0 Å². The van der Waals surface area contributed by atoms with Crippen LogP contribution in [0.25, 0.3) is 0 Å². The van der Waals surface area contributed by atoms with Gasteiger partial charge in [-0.25, -0.2) is 0 Å². The van der Waals surface area contributed by atoms with Gasteiger partial charge in [-0.15, -0.1) is 10.2 Å². The van der Waals surface area contributed by atoms with E-state index in [1.54, 1.807) is 12.1 Å². The van der Waals surface area contributed by atoms with E-state index in [0.29, 0.717) is 43.9 Å². The molecule has 162 valence electrons. The largest absolute Gasteiger partial charge is 0.416 e. The predicted molar refractivity (Wildman–Crippen MR) is 97.1 cm³/mol. The zero-order valence-corrected chi connectivity index (χ0v) is 15.9. The van der Waals surface area contributed by atoms with E-state index < -0.39 is 41.0 Å². The van der Waals surface area contributed by atoms with Crippen LogP contribution in [0.2, 0.25) is 5.15 Å². The fourth-order valence-electron chi connectivity index (χ4n) is 3.12. The molecule has 30 heavy (non-hydrogen) atoms. The van der Waals surface area contributed by atoms with Gasteiger partial charge in [-0.1, -0.05) is 11.6 Å². The first-order chi connectivity index (χ1) is 13.9. The molecule has 1 fully saturated rings. The second kappa shape index (κ2) is 8.29. The average Bonchev–Trinajstić information content (AvgIpc) is 2.67. The second-order valence-corrected chi connectivity index (χ2v) is 7.15. The quantitative estimate of drug-likeness (QED) is 0.664. The van der Waals surface area contributed by atoms with Crippen molar-refractivity contribution in [2.45, 2.75) is 25.2 Å². The Kier molecular flexibility index (Phi) is 6.11. The number of anilines is 2. The number of hydrogen-bond donors (Lipinski definition) is 1. The first-order valence-electron chi connectivity index (χ1n) is 8.78. The van der Waals surface area contributed by atoms with Gasteiger partial charge in [-0.3, -0.25) is 4.79 Å². The summed E-state index contributed by atoms with van der Waals surface area (Å²) in [5.41, 5.74) is -3.51. The summed E-state index contributed by atoms with van der Waals surface area (Å²) in [6, 6.07) is 4.23. The third-order valence-electron chi connectivity index (χ3n) is 4.66. The molecule has 0 saturated carbocycles. The van der Waals surface area contributed by atoms with Crippen molar-refractivity contribution in [3.8, 4) is 0 Å². The number of hydrogen-bond acceptors (Lipinski definition) is 4. The van der Waals surface area contributed by atoms with Crippen molar-refractivity contribution in [1.82, 2.24) is 10.2 Å². The zero-order chi connectivity index (χ0) is 22.1. The summed E-state index contributed by atoms with van der Waals surface area (Å²) in [6.07, 6.45) is -9.26. The molecule has 1 aliphatic heterocycles. The normalized spacial score (nSPS) is 15.9. The molecule has 5 nitrogen and oxygen atoms in total. The lowest BCUT2D eigenvalue weighted by atomic mass is 9.95. The van der Waals surface area contributed by atoms with Crippen LogP contribution in [0.3, 0.4) is 0 Å². The van der Waals surface area contributed by atoms with E-state index >= 15 is 0 Å². The lowest BCUT2D eigenvalue weighted by Gasteiger charge is -2.31. The highest BCUT2D eigenvalue weighted by atomic mass is 35.5. The van der Waals surface area contributed by atoms with Gasteiger partial charge in [-0.05, 0) is 43.2 Å². The van der Waals surface area contributed by atoms with E-state index in [1.807, 2.05) is 4.90 Å². The Morgan fingerprint density at radius 3 is 2.00 bits per heavy atom. The second-order valence-electron chi connectivity index (χ2n) is 6.76. The maximum atomic E-state index is 13.0. The standard InChI is InChI=1S/C18H15ClF6N4O/c19-14-1-2-15(28-27-14)29-5-3-10(4-6-29)16(30)26-13-8-11(17(20,21)22)7-12(9-13)18(23,24)25/h1-2,7-10H,3-6H2,(H,26,30). The van der Waals surface area contributed by atoms with E-state index in [9.17, 15) is 31.1 Å². The van der Waals surface area contributed by atoms with Crippen LogP contribution in [-0.4, -0.2) is 29.2 Å². The van der Waals surface area contributed by atoms with E-state index in [1.165, 1.54) is 0 Å². The van der Waals surface area contributed by atoms with Gasteiger partial charge in [0, 0.05) is 24.7 Å². The molecule has 1 saturated heterocycles. The van der Waals surface area contributed by atoms with Gasteiger partial charge in [-0.2, -0.15) is 26.3 Å². The number of benzene rings is 1. The number of amides is 1. The Bertz CT molecular complexity index is 876. The number of aromatic nitrogens is 2. The van der Waals surface area contributed by atoms with Crippen LogP contribution in [-0.2, 0) is 17.1 Å². The number of halogens is 7. The molecule has 2 heterocycles. The van der Waals surface area contributed by atoms with Gasteiger partial charge in [0.1, 0.15) is 0 Å². The molecule has 1 amide bonds. The molecule has 0 bridgehead atoms. The summed E-state index contributed by atoms with van der Waals surface area (Å²) in [6.45, 7) is 0.843. The first kappa shape index (κ1) is 22.1. The minimum Gasteiger partial charge on any atom is -0.355 e. The van der Waals surface area contributed by atoms with E-state index in [0.717, 1.165) is 0 Å². The lowest BCUT2D eigenvalue weighted by molar-refractivity contribution is -0.143. The summed E-state index contributed by atoms with van der Waals surface area (Å²) in [7, 11) is 0. The van der Waals surface area contributed by atoms with E-state index in [2.05, 4.69) is 15.5 Å². The molecule has 3 rings (SSSR count). The van der Waals surface area contributed by atoms with Gasteiger partial charge >= 0.3 is 12.4 Å². The van der Waals surface area contributed by atoms with Crippen molar-refractivity contribution in [3.05, 3.63) is 46.6 Å². The number of nitrogens with one attached hydrogen (secondary N) is 1. The van der Waals surface area contributed by atoms with Crippen LogP contribution in [0.15, 0.2) is 30.3 Å². The Labute approximate surface area is 172 Å². The highest BCUT2D eigenvalue weighted by Gasteiger charge is 2.37. The summed E-state index contributed by atoms with van der Waals surface area (Å²) in [4.78, 5) is 14.3. The number of piperidine rings is 1. The predicted octanol–water partition coefficient (Wildman–Crippen LogP) is 5.02. The lowest BCUT2D eigenvalue weighted by Crippen LogP contribution is -2.38. The fourth-order valence-corrected chi connectivity index (χ4v) is 3.22. The molecular formula is C18H15ClF6N4O. The van der Waals surface area contributed by atoms with Crippen LogP contribution in [0.4, 0.5) is 37.8 Å². The smallest absolute Gasteiger partial charge is 0.355 e. The minimum absolute atomic E-state index is 0.0152. The molecule has 12 heteroatoms. The highest BCUT2D eigenvalue weighted by Crippen LogP contribution is 2.37. The van der Waals surface area contributed by atoms with Crippen molar-refractivity contribution in [2.24, 2.45) is 5.92 Å². The topological polar surface area (TPSA) is 58.1 Å². The Hall–Kier alpha value is -2.56. The number of carbonyl (C=O) groups is 1. The van der Waals surface area contributed by atoms with Gasteiger partial charge in [0.15, 0.2) is 11.0 Å². The van der Waals surface area contributed by atoms with Crippen LogP contribution >= 0.6 is 11.6 Å². The molecule has 1 aliphatic rings. The number of alkyl halides is 6. The van der Waals surface area contributed by atoms with Gasteiger partial charge in [0.2, 0.25) is 5.91 Å². The summed E-state index contributed by atoms with van der Waals surface area (Å²) >= 11 is 5.68. The van der Waals surface area contributed by atoms with Gasteiger partial charge in [0.05, 0.1) is 11.1 Å². The van der Waals surface area contributed by atoms with Crippen molar-refractivity contribution >= 4 is 29.0 Å². The van der Waals surface area contributed by atoms with Crippen LogP contribution in [0.1, 0.15) is 24.0 Å². The molecule has 1 aromatic heterocycles. The molecular weight excluding hydrogens is 438 g/mol. The molecule has 0 unspecified atom stereocenters. The summed E-state index contributed by atoms with van der Waals surface area (Å²) in [5.74, 6) is -0.638. The Morgan fingerprint density at radius 2 is 1.53 bits per heavy atom. The summed E-state index contributed by atoms with van der Waals surface area (Å²) in [5, 5.41) is 10.1. The van der Waals surface area contributed by atoms with Gasteiger partial charge in [0.25, 0.3) is 0 Å². The fraction of sp³-hybridized carbons (Fsp3) is 0.389. The van der Waals surface area contributed by atoms with Crippen molar-refractivity contribution in [2.75, 3.05) is 23.3 Å². The highest BCUT2D eigenvalue weighted by molar-refractivity contribution is 6.29. The molecule has 0 aliphatic carbocycles.